The van der Waals surface area contributed by atoms with Crippen LogP contribution in [-0.4, -0.2) is 58.6 Å². The minimum atomic E-state index is -0.651. The van der Waals surface area contributed by atoms with Crippen molar-refractivity contribution in [3.63, 3.8) is 0 Å². The molecular formula is C21H25ClFN5O2. The number of carbonyl (C=O) groups excluding carboxylic acids is 1. The molecule has 30 heavy (non-hydrogen) atoms. The second-order valence-corrected chi connectivity index (χ2v) is 8.40. The van der Waals surface area contributed by atoms with Crippen LogP contribution in [0.5, 0.6) is 0 Å². The minimum Gasteiger partial charge on any atom is -0.387 e. The summed E-state index contributed by atoms with van der Waals surface area (Å²) >= 11 is 5.75. The Balaban J connectivity index is 1.47. The summed E-state index contributed by atoms with van der Waals surface area (Å²) in [5.41, 5.74) is 8.65. The highest BCUT2D eigenvalue weighted by Gasteiger charge is 2.35. The summed E-state index contributed by atoms with van der Waals surface area (Å²) in [6.45, 7) is 4.71. The van der Waals surface area contributed by atoms with Crippen LogP contribution in [0.4, 0.5) is 10.2 Å². The molecule has 4 atom stereocenters. The number of aromatic nitrogens is 2. The molecule has 1 saturated heterocycles. The molecule has 2 unspecified atom stereocenters. The number of hydrogen-bond donors (Lipinski definition) is 2. The number of aliphatic hydroxyl groups is 1. The molecule has 1 aromatic heterocycles. The van der Waals surface area contributed by atoms with Crippen LogP contribution in [-0.2, 0) is 4.79 Å². The first-order valence-corrected chi connectivity index (χ1v) is 10.5. The molecule has 1 aliphatic carbocycles. The first kappa shape index (κ1) is 21.1. The normalized spacial score (nSPS) is 23.8. The molecule has 1 fully saturated rings. The van der Waals surface area contributed by atoms with Crippen LogP contribution in [0.2, 0.25) is 5.02 Å². The summed E-state index contributed by atoms with van der Waals surface area (Å²) in [4.78, 5) is 24.7. The molecule has 3 N–H and O–H groups in total. The number of fused-ring (bicyclic) bond motifs is 1. The van der Waals surface area contributed by atoms with Gasteiger partial charge in [0.2, 0.25) is 0 Å². The van der Waals surface area contributed by atoms with E-state index in [0.717, 1.165) is 23.4 Å². The van der Waals surface area contributed by atoms with Gasteiger partial charge in [0.15, 0.2) is 0 Å². The van der Waals surface area contributed by atoms with Crippen LogP contribution in [0, 0.1) is 5.82 Å². The molecule has 1 aromatic carbocycles. The van der Waals surface area contributed by atoms with Gasteiger partial charge < -0.3 is 20.5 Å². The van der Waals surface area contributed by atoms with Crippen molar-refractivity contribution in [1.82, 2.24) is 14.9 Å². The lowest BCUT2D eigenvalue weighted by molar-refractivity contribution is -0.110. The highest BCUT2D eigenvalue weighted by Crippen LogP contribution is 2.42. The lowest BCUT2D eigenvalue weighted by atomic mass is 9.96. The van der Waals surface area contributed by atoms with Gasteiger partial charge in [0.25, 0.3) is 0 Å². The second-order valence-electron chi connectivity index (χ2n) is 8.00. The monoisotopic (exact) mass is 433 g/mol. The molecule has 2 heterocycles. The van der Waals surface area contributed by atoms with E-state index in [1.54, 1.807) is 6.07 Å². The molecule has 0 saturated carbocycles. The molecule has 9 heteroatoms. The van der Waals surface area contributed by atoms with Gasteiger partial charge >= 0.3 is 0 Å². The molecule has 0 bridgehead atoms. The van der Waals surface area contributed by atoms with Crippen LogP contribution in [0.15, 0.2) is 24.5 Å². The fourth-order valence-corrected chi connectivity index (χ4v) is 4.61. The van der Waals surface area contributed by atoms with E-state index in [1.807, 2.05) is 4.90 Å². The Bertz CT molecular complexity index is 938. The van der Waals surface area contributed by atoms with Gasteiger partial charge in [-0.05, 0) is 30.0 Å². The molecule has 2 aromatic rings. The summed E-state index contributed by atoms with van der Waals surface area (Å²) < 4.78 is 13.8. The van der Waals surface area contributed by atoms with E-state index in [2.05, 4.69) is 21.8 Å². The van der Waals surface area contributed by atoms with Crippen LogP contribution < -0.4 is 10.6 Å². The number of benzene rings is 1. The van der Waals surface area contributed by atoms with Gasteiger partial charge in [0, 0.05) is 31.7 Å². The molecule has 0 radical (unpaired) electrons. The molecule has 7 nitrogen and oxygen atoms in total. The van der Waals surface area contributed by atoms with Gasteiger partial charge in [-0.15, -0.1) is 0 Å². The maximum atomic E-state index is 13.8. The fourth-order valence-electron chi connectivity index (χ4n) is 4.49. The topological polar surface area (TPSA) is 95.6 Å². The zero-order valence-electron chi connectivity index (χ0n) is 16.7. The van der Waals surface area contributed by atoms with Crippen molar-refractivity contribution in [3.05, 3.63) is 52.2 Å². The Morgan fingerprint density at radius 3 is 2.70 bits per heavy atom. The third-order valence-corrected chi connectivity index (χ3v) is 6.46. The molecular weight excluding hydrogens is 409 g/mol. The van der Waals surface area contributed by atoms with Crippen molar-refractivity contribution < 1.29 is 14.3 Å². The molecule has 2 aliphatic rings. The number of aliphatic hydroxyl groups excluding tert-OH is 1. The lowest BCUT2D eigenvalue weighted by Crippen LogP contribution is -2.55. The number of aldehydes is 1. The van der Waals surface area contributed by atoms with E-state index >= 15 is 0 Å². The fraction of sp³-hybridized carbons (Fsp3) is 0.476. The summed E-state index contributed by atoms with van der Waals surface area (Å²) in [6.07, 6.45) is 1.82. The zero-order valence-corrected chi connectivity index (χ0v) is 17.5. The van der Waals surface area contributed by atoms with Crippen molar-refractivity contribution in [2.75, 3.05) is 31.1 Å². The Kier molecular flexibility index (Phi) is 6.02. The molecule has 4 rings (SSSR count). The summed E-state index contributed by atoms with van der Waals surface area (Å²) in [6, 6.07) is 4.35. The highest BCUT2D eigenvalue weighted by molar-refractivity contribution is 6.30. The smallest absolute Gasteiger partial charge is 0.142 e. The number of nitrogens with zero attached hydrogens (tertiary/aromatic N) is 4. The van der Waals surface area contributed by atoms with Gasteiger partial charge in [0.1, 0.15) is 24.2 Å². The van der Waals surface area contributed by atoms with Gasteiger partial charge in [-0.3, -0.25) is 4.90 Å². The van der Waals surface area contributed by atoms with E-state index in [-0.39, 0.29) is 10.9 Å². The van der Waals surface area contributed by atoms with Crippen LogP contribution in [0.1, 0.15) is 48.1 Å². The number of anilines is 1. The first-order chi connectivity index (χ1) is 14.4. The predicted octanol–water partition coefficient (Wildman–Crippen LogP) is 2.20. The maximum Gasteiger partial charge on any atom is 0.142 e. The molecule has 1 aliphatic heterocycles. The Hall–Kier alpha value is -2.13. The third kappa shape index (κ3) is 3.80. The minimum absolute atomic E-state index is 0.0160. The second kappa shape index (κ2) is 8.55. The standard InChI is InChI=1S/C21H25ClFN5O2/c1-12-8-17(30)19-18(12)21(26-11-25-19)28-6-4-27(5-7-28)20(24)14(10-29)13-2-3-15(22)16(23)9-13/h2-3,9-12,14,17,20,30H,4-8,24H2,1H3/t12-,14?,17+,20?/m1/s1. The lowest BCUT2D eigenvalue weighted by Gasteiger charge is -2.40. The average molecular weight is 434 g/mol. The highest BCUT2D eigenvalue weighted by atomic mass is 35.5. The first-order valence-electron chi connectivity index (χ1n) is 10.1. The van der Waals surface area contributed by atoms with Crippen LogP contribution in [0.25, 0.3) is 0 Å². The van der Waals surface area contributed by atoms with E-state index < -0.39 is 24.0 Å². The van der Waals surface area contributed by atoms with E-state index in [1.165, 1.54) is 18.5 Å². The largest absolute Gasteiger partial charge is 0.387 e. The van der Waals surface area contributed by atoms with Gasteiger partial charge in [-0.1, -0.05) is 24.6 Å². The zero-order chi connectivity index (χ0) is 21.4. The number of carbonyl (C=O) groups is 1. The van der Waals surface area contributed by atoms with Crippen LogP contribution >= 0.6 is 11.6 Å². The van der Waals surface area contributed by atoms with E-state index in [0.29, 0.717) is 38.2 Å². The van der Waals surface area contributed by atoms with Gasteiger partial charge in [-0.2, -0.15) is 0 Å². The van der Waals surface area contributed by atoms with Crippen molar-refractivity contribution in [2.45, 2.75) is 37.5 Å². The van der Waals surface area contributed by atoms with Crippen molar-refractivity contribution >= 4 is 23.7 Å². The van der Waals surface area contributed by atoms with E-state index in [9.17, 15) is 14.3 Å². The van der Waals surface area contributed by atoms with E-state index in [4.69, 9.17) is 17.3 Å². The number of piperazine rings is 1. The SMILES string of the molecule is C[C@@H]1C[C@H](O)c2ncnc(N3CCN(C(N)C(C=O)c4ccc(Cl)c(F)c4)CC3)c21. The maximum absolute atomic E-state index is 13.8. The predicted molar refractivity (Wildman–Crippen MR) is 112 cm³/mol. The molecule has 0 spiro atoms. The summed E-state index contributed by atoms with van der Waals surface area (Å²) in [5, 5.41) is 10.2. The summed E-state index contributed by atoms with van der Waals surface area (Å²) in [5.74, 6) is -0.150. The van der Waals surface area contributed by atoms with Gasteiger partial charge in [-0.25, -0.2) is 14.4 Å². The van der Waals surface area contributed by atoms with Crippen molar-refractivity contribution in [3.8, 4) is 0 Å². The number of rotatable bonds is 5. The average Bonchev–Trinajstić information content (AvgIpc) is 3.05. The quantitative estimate of drug-likeness (QED) is 0.698. The van der Waals surface area contributed by atoms with Crippen LogP contribution in [0.3, 0.4) is 0 Å². The molecule has 160 valence electrons. The third-order valence-electron chi connectivity index (χ3n) is 6.16. The molecule has 0 amide bonds. The number of hydrogen-bond acceptors (Lipinski definition) is 7. The van der Waals surface area contributed by atoms with Crippen molar-refractivity contribution in [1.29, 1.82) is 0 Å². The number of halogens is 2. The summed E-state index contributed by atoms with van der Waals surface area (Å²) in [7, 11) is 0. The Morgan fingerprint density at radius 1 is 1.30 bits per heavy atom. The Labute approximate surface area is 179 Å². The number of nitrogens with two attached hydrogens (primary N) is 1. The van der Waals surface area contributed by atoms with Gasteiger partial charge in [0.05, 0.1) is 28.9 Å². The van der Waals surface area contributed by atoms with Crippen molar-refractivity contribution in [2.24, 2.45) is 5.73 Å². The Morgan fingerprint density at radius 2 is 2.03 bits per heavy atom.